The van der Waals surface area contributed by atoms with Gasteiger partial charge in [-0.25, -0.2) is 0 Å². The summed E-state index contributed by atoms with van der Waals surface area (Å²) in [6.45, 7) is 4.34. The molecule has 0 saturated heterocycles. The molecule has 2 atom stereocenters. The van der Waals surface area contributed by atoms with Crippen molar-refractivity contribution in [1.82, 2.24) is 0 Å². The Morgan fingerprint density at radius 3 is 1.50 bits per heavy atom. The third-order valence-corrected chi connectivity index (χ3v) is 7.77. The Hall–Kier alpha value is -1.89. The fraction of sp³-hybridized carbons (Fsp3) is 0.552. The number of carbonyl (C=O) groups excluding carboxylic acids is 1. The normalized spacial score (nSPS) is 19.8. The molecule has 30 heavy (non-hydrogen) atoms. The van der Waals surface area contributed by atoms with Gasteiger partial charge in [-0.15, -0.1) is 0 Å². The first-order valence-corrected chi connectivity index (χ1v) is 12.2. The van der Waals surface area contributed by atoms with Crippen LogP contribution in [0.4, 0.5) is 0 Å². The van der Waals surface area contributed by atoms with Crippen molar-refractivity contribution in [2.75, 3.05) is 0 Å². The second kappa shape index (κ2) is 9.94. The topological polar surface area (TPSA) is 17.1 Å². The predicted octanol–water partition coefficient (Wildman–Crippen LogP) is 7.90. The molecule has 1 nitrogen and oxygen atoms in total. The summed E-state index contributed by atoms with van der Waals surface area (Å²) < 4.78 is 0. The van der Waals surface area contributed by atoms with Crippen LogP contribution in [-0.2, 0) is 4.79 Å². The van der Waals surface area contributed by atoms with Crippen molar-refractivity contribution in [2.24, 2.45) is 11.8 Å². The fourth-order valence-corrected chi connectivity index (χ4v) is 6.21. The molecule has 0 amide bonds. The molecular weight excluding hydrogens is 364 g/mol. The van der Waals surface area contributed by atoms with E-state index in [1.165, 1.54) is 73.6 Å². The summed E-state index contributed by atoms with van der Waals surface area (Å²) in [7, 11) is 0. The van der Waals surface area contributed by atoms with Gasteiger partial charge in [0.25, 0.3) is 0 Å². The Labute approximate surface area is 183 Å². The van der Waals surface area contributed by atoms with E-state index in [1.54, 1.807) is 0 Å². The van der Waals surface area contributed by atoms with Gasteiger partial charge in [-0.1, -0.05) is 85.3 Å². The Morgan fingerprint density at radius 2 is 1.13 bits per heavy atom. The number of hydrogen-bond acceptors (Lipinski definition) is 1. The van der Waals surface area contributed by atoms with E-state index in [2.05, 4.69) is 62.4 Å². The van der Waals surface area contributed by atoms with Gasteiger partial charge in [-0.2, -0.15) is 0 Å². The standard InChI is InChI=1S/C29H38O/c1-21-9-7-15-25(17-21)28(23-11-3-4-12-23)19-27(30)20-29(24-13-5-6-14-24)26-16-8-10-22(2)18-26/h7-10,15-18,23-24,28-29H,3-6,11-14,19-20H2,1-2H3. The molecule has 2 fully saturated rings. The van der Waals surface area contributed by atoms with E-state index in [-0.39, 0.29) is 0 Å². The van der Waals surface area contributed by atoms with Crippen LogP contribution in [0.2, 0.25) is 0 Å². The average molecular weight is 403 g/mol. The van der Waals surface area contributed by atoms with Gasteiger partial charge in [0.05, 0.1) is 0 Å². The lowest BCUT2D eigenvalue weighted by atomic mass is 9.77. The lowest BCUT2D eigenvalue weighted by Gasteiger charge is -2.27. The third-order valence-electron chi connectivity index (χ3n) is 7.77. The van der Waals surface area contributed by atoms with Gasteiger partial charge in [-0.3, -0.25) is 4.79 Å². The minimum Gasteiger partial charge on any atom is -0.300 e. The molecular formula is C29H38O. The smallest absolute Gasteiger partial charge is 0.134 e. The quantitative estimate of drug-likeness (QED) is 0.438. The number of Topliss-reactive ketones (excluding diaryl/α,β-unsaturated/α-hetero) is 1. The van der Waals surface area contributed by atoms with Crippen molar-refractivity contribution < 1.29 is 4.79 Å². The Bertz CT molecular complexity index is 769. The summed E-state index contributed by atoms with van der Waals surface area (Å²) in [5, 5.41) is 0. The molecule has 2 aromatic rings. The van der Waals surface area contributed by atoms with Gasteiger partial charge in [0, 0.05) is 12.8 Å². The molecule has 0 aliphatic heterocycles. The number of carbonyl (C=O) groups is 1. The zero-order valence-electron chi connectivity index (χ0n) is 18.9. The molecule has 2 saturated carbocycles. The highest BCUT2D eigenvalue weighted by molar-refractivity contribution is 5.80. The monoisotopic (exact) mass is 402 g/mol. The molecule has 0 heterocycles. The molecule has 1 heteroatoms. The molecule has 2 aliphatic rings. The van der Waals surface area contributed by atoms with Crippen LogP contribution >= 0.6 is 0 Å². The van der Waals surface area contributed by atoms with Gasteiger partial charge in [0.1, 0.15) is 5.78 Å². The van der Waals surface area contributed by atoms with Gasteiger partial charge >= 0.3 is 0 Å². The molecule has 0 bridgehead atoms. The maximum Gasteiger partial charge on any atom is 0.134 e. The first-order valence-electron chi connectivity index (χ1n) is 12.2. The SMILES string of the molecule is Cc1cccc(C(CC(=O)CC(c2cccc(C)c2)C2CCCC2)C2CCCC2)c1. The highest BCUT2D eigenvalue weighted by atomic mass is 16.1. The van der Waals surface area contributed by atoms with Crippen molar-refractivity contribution in [1.29, 1.82) is 0 Å². The summed E-state index contributed by atoms with van der Waals surface area (Å²) in [6, 6.07) is 17.9. The van der Waals surface area contributed by atoms with E-state index in [4.69, 9.17) is 0 Å². The molecule has 160 valence electrons. The van der Waals surface area contributed by atoms with Gasteiger partial charge in [0.2, 0.25) is 0 Å². The van der Waals surface area contributed by atoms with Crippen LogP contribution in [0.5, 0.6) is 0 Å². The number of hydrogen-bond donors (Lipinski definition) is 0. The zero-order valence-corrected chi connectivity index (χ0v) is 18.9. The molecule has 0 radical (unpaired) electrons. The molecule has 2 unspecified atom stereocenters. The average Bonchev–Trinajstić information content (AvgIpc) is 3.44. The molecule has 4 rings (SSSR count). The number of benzene rings is 2. The number of ketones is 1. The summed E-state index contributed by atoms with van der Waals surface area (Å²) in [5.41, 5.74) is 5.41. The Morgan fingerprint density at radius 1 is 0.733 bits per heavy atom. The maximum absolute atomic E-state index is 13.5. The van der Waals surface area contributed by atoms with Gasteiger partial charge in [-0.05, 0) is 74.3 Å². The van der Waals surface area contributed by atoms with E-state index in [9.17, 15) is 4.79 Å². The van der Waals surface area contributed by atoms with Crippen LogP contribution < -0.4 is 0 Å². The highest BCUT2D eigenvalue weighted by Crippen LogP contribution is 2.43. The third kappa shape index (κ3) is 5.23. The first-order chi connectivity index (χ1) is 14.6. The minimum atomic E-state index is 0.404. The molecule has 0 N–H and O–H groups in total. The van der Waals surface area contributed by atoms with E-state index < -0.39 is 0 Å². The second-order valence-electron chi connectivity index (χ2n) is 10.1. The van der Waals surface area contributed by atoms with Crippen LogP contribution in [0.15, 0.2) is 48.5 Å². The summed E-state index contributed by atoms with van der Waals surface area (Å²) >= 11 is 0. The summed E-state index contributed by atoms with van der Waals surface area (Å²) in [4.78, 5) is 13.5. The molecule has 0 aromatic heterocycles. The molecule has 2 aliphatic carbocycles. The largest absolute Gasteiger partial charge is 0.300 e. The van der Waals surface area contributed by atoms with Crippen LogP contribution in [0.3, 0.4) is 0 Å². The zero-order chi connectivity index (χ0) is 20.9. The second-order valence-corrected chi connectivity index (χ2v) is 10.1. The van der Waals surface area contributed by atoms with Crippen molar-refractivity contribution in [3.8, 4) is 0 Å². The Kier molecular flexibility index (Phi) is 7.08. The summed E-state index contributed by atoms with van der Waals surface area (Å²) in [6.07, 6.45) is 11.9. The lowest BCUT2D eigenvalue weighted by molar-refractivity contribution is -0.120. The highest BCUT2D eigenvalue weighted by Gasteiger charge is 2.32. The van der Waals surface area contributed by atoms with Crippen molar-refractivity contribution in [2.45, 2.75) is 89.9 Å². The van der Waals surface area contributed by atoms with Crippen molar-refractivity contribution >= 4 is 5.78 Å². The number of rotatable bonds is 8. The first kappa shape index (κ1) is 21.3. The van der Waals surface area contributed by atoms with E-state index in [0.717, 1.165) is 12.8 Å². The summed E-state index contributed by atoms with van der Waals surface area (Å²) in [5.74, 6) is 2.65. The van der Waals surface area contributed by atoms with Crippen molar-refractivity contribution in [3.63, 3.8) is 0 Å². The van der Waals surface area contributed by atoms with E-state index in [1.807, 2.05) is 0 Å². The minimum absolute atomic E-state index is 0.404. The van der Waals surface area contributed by atoms with Crippen LogP contribution in [0, 0.1) is 25.7 Å². The fourth-order valence-electron chi connectivity index (χ4n) is 6.21. The number of aryl methyl sites for hydroxylation is 2. The molecule has 0 spiro atoms. The maximum atomic E-state index is 13.5. The van der Waals surface area contributed by atoms with Crippen molar-refractivity contribution in [3.05, 3.63) is 70.8 Å². The molecule has 2 aromatic carbocycles. The van der Waals surface area contributed by atoms with Crippen LogP contribution in [-0.4, -0.2) is 5.78 Å². The van der Waals surface area contributed by atoms with Crippen LogP contribution in [0.1, 0.15) is 98.3 Å². The van der Waals surface area contributed by atoms with Crippen LogP contribution in [0.25, 0.3) is 0 Å². The predicted molar refractivity (Wildman–Crippen MR) is 126 cm³/mol. The van der Waals surface area contributed by atoms with Gasteiger partial charge < -0.3 is 0 Å². The Balaban J connectivity index is 1.53. The lowest BCUT2D eigenvalue weighted by Crippen LogP contribution is -2.19. The van der Waals surface area contributed by atoms with E-state index in [0.29, 0.717) is 29.5 Å². The van der Waals surface area contributed by atoms with E-state index >= 15 is 0 Å². The van der Waals surface area contributed by atoms with Gasteiger partial charge in [0.15, 0.2) is 0 Å².